The monoisotopic (exact) mass is 250 g/mol. The lowest BCUT2D eigenvalue weighted by atomic mass is 10.1. The van der Waals surface area contributed by atoms with E-state index < -0.39 is 5.97 Å². The second-order valence-electron chi connectivity index (χ2n) is 4.06. The van der Waals surface area contributed by atoms with Gasteiger partial charge in [0.2, 0.25) is 0 Å². The first kappa shape index (κ1) is 14.3. The van der Waals surface area contributed by atoms with E-state index in [1.165, 1.54) is 0 Å². The summed E-state index contributed by atoms with van der Waals surface area (Å²) in [6, 6.07) is 7.36. The van der Waals surface area contributed by atoms with Crippen LogP contribution in [0.1, 0.15) is 18.9 Å². The minimum Gasteiger partial charge on any atom is -0.490 e. The lowest BCUT2D eigenvalue weighted by Gasteiger charge is -2.05. The predicted molar refractivity (Wildman–Crippen MR) is 68.7 cm³/mol. The van der Waals surface area contributed by atoms with E-state index in [0.717, 1.165) is 16.9 Å². The molecule has 0 aliphatic rings. The van der Waals surface area contributed by atoms with Crippen molar-refractivity contribution in [3.63, 3.8) is 0 Å². The Morgan fingerprint density at radius 3 is 2.56 bits per heavy atom. The van der Waals surface area contributed by atoms with Crippen molar-refractivity contribution in [1.82, 2.24) is 0 Å². The highest BCUT2D eigenvalue weighted by Crippen LogP contribution is 2.13. The third kappa shape index (κ3) is 5.50. The minimum absolute atomic E-state index is 0.0392. The molecule has 1 aromatic carbocycles. The third-order valence-corrected chi connectivity index (χ3v) is 2.48. The number of benzene rings is 1. The molecule has 1 aromatic rings. The van der Waals surface area contributed by atoms with Gasteiger partial charge in [-0.3, -0.25) is 4.79 Å². The number of rotatable bonds is 7. The Morgan fingerprint density at radius 1 is 1.33 bits per heavy atom. The molecule has 0 aromatic heterocycles. The fraction of sp³-hybridized carbons (Fsp3) is 0.357. The number of aliphatic carboxylic acids is 1. The smallest absolute Gasteiger partial charge is 0.303 e. The Hall–Kier alpha value is -1.81. The van der Waals surface area contributed by atoms with Gasteiger partial charge in [0.05, 0.1) is 6.61 Å². The van der Waals surface area contributed by atoms with Crippen LogP contribution in [0, 0.1) is 0 Å². The second-order valence-corrected chi connectivity index (χ2v) is 4.06. The summed E-state index contributed by atoms with van der Waals surface area (Å²) in [5.41, 5.74) is 1.85. The molecule has 0 aliphatic carbocycles. The molecule has 0 fully saturated rings. The van der Waals surface area contributed by atoms with Crippen LogP contribution in [0.2, 0.25) is 0 Å². The Labute approximate surface area is 107 Å². The summed E-state index contributed by atoms with van der Waals surface area (Å²) in [5.74, 6) is -0.0593. The average Bonchev–Trinajstić information content (AvgIpc) is 2.37. The van der Waals surface area contributed by atoms with E-state index in [-0.39, 0.29) is 13.0 Å². The lowest BCUT2D eigenvalue weighted by Crippen LogP contribution is -1.98. The van der Waals surface area contributed by atoms with Crippen LogP contribution in [0.3, 0.4) is 0 Å². The molecule has 4 heteroatoms. The van der Waals surface area contributed by atoms with Crippen molar-refractivity contribution in [3.8, 4) is 5.75 Å². The molecule has 2 N–H and O–H groups in total. The summed E-state index contributed by atoms with van der Waals surface area (Å²) in [4.78, 5) is 10.4. The molecule has 0 bridgehead atoms. The molecule has 4 nitrogen and oxygen atoms in total. The number of hydrogen-bond acceptors (Lipinski definition) is 3. The van der Waals surface area contributed by atoms with Crippen molar-refractivity contribution in [1.29, 1.82) is 0 Å². The molecule has 0 saturated heterocycles. The molecule has 1 rings (SSSR count). The fourth-order valence-electron chi connectivity index (χ4n) is 1.35. The number of carboxylic acid groups (broad SMARTS) is 1. The molecule has 0 aliphatic heterocycles. The van der Waals surface area contributed by atoms with Gasteiger partial charge in [0.15, 0.2) is 0 Å². The van der Waals surface area contributed by atoms with Crippen molar-refractivity contribution < 1.29 is 19.7 Å². The normalized spacial score (nSPS) is 11.3. The highest BCUT2D eigenvalue weighted by atomic mass is 16.5. The molecule has 18 heavy (non-hydrogen) atoms. The predicted octanol–water partition coefficient (Wildman–Crippen LogP) is 2.02. The van der Waals surface area contributed by atoms with Crippen molar-refractivity contribution in [2.45, 2.75) is 19.8 Å². The van der Waals surface area contributed by atoms with Crippen LogP contribution >= 0.6 is 0 Å². The summed E-state index contributed by atoms with van der Waals surface area (Å²) in [6.07, 6.45) is 2.48. The topological polar surface area (TPSA) is 66.8 Å². The van der Waals surface area contributed by atoms with Crippen molar-refractivity contribution in [2.75, 3.05) is 13.2 Å². The summed E-state index contributed by atoms with van der Waals surface area (Å²) in [5, 5.41) is 17.4. The van der Waals surface area contributed by atoms with Gasteiger partial charge in [-0.2, -0.15) is 0 Å². The first-order valence-corrected chi connectivity index (χ1v) is 5.82. The zero-order valence-electron chi connectivity index (χ0n) is 10.4. The van der Waals surface area contributed by atoms with Crippen molar-refractivity contribution in [3.05, 3.63) is 41.5 Å². The number of aliphatic hydroxyl groups excluding tert-OH is 1. The molecule has 98 valence electrons. The molecule has 0 atom stereocenters. The molecule has 0 saturated carbocycles. The van der Waals surface area contributed by atoms with Gasteiger partial charge in [0, 0.05) is 6.42 Å². The summed E-state index contributed by atoms with van der Waals surface area (Å²) in [7, 11) is 0. The average molecular weight is 250 g/mol. The maximum absolute atomic E-state index is 10.4. The van der Waals surface area contributed by atoms with Gasteiger partial charge in [-0.25, -0.2) is 0 Å². The summed E-state index contributed by atoms with van der Waals surface area (Å²) >= 11 is 0. The largest absolute Gasteiger partial charge is 0.490 e. The van der Waals surface area contributed by atoms with Crippen LogP contribution in [-0.4, -0.2) is 29.4 Å². The maximum atomic E-state index is 10.4. The van der Waals surface area contributed by atoms with Crippen LogP contribution in [0.4, 0.5) is 0 Å². The molecular formula is C14H18O4. The van der Waals surface area contributed by atoms with Crippen LogP contribution in [0.5, 0.6) is 5.75 Å². The second kappa shape index (κ2) is 7.50. The number of hydrogen-bond donors (Lipinski definition) is 2. The highest BCUT2D eigenvalue weighted by molar-refractivity contribution is 5.67. The molecule has 0 radical (unpaired) electrons. The Kier molecular flexibility index (Phi) is 5.94. The van der Waals surface area contributed by atoms with E-state index in [9.17, 15) is 4.79 Å². The van der Waals surface area contributed by atoms with Gasteiger partial charge in [-0.1, -0.05) is 12.1 Å². The lowest BCUT2D eigenvalue weighted by molar-refractivity contribution is -0.136. The van der Waals surface area contributed by atoms with Gasteiger partial charge in [0.1, 0.15) is 12.4 Å². The van der Waals surface area contributed by atoms with Gasteiger partial charge in [-0.15, -0.1) is 0 Å². The Bertz CT molecular complexity index is 406. The van der Waals surface area contributed by atoms with Gasteiger partial charge in [0.25, 0.3) is 0 Å². The first-order valence-electron chi connectivity index (χ1n) is 5.82. The van der Waals surface area contributed by atoms with E-state index >= 15 is 0 Å². The minimum atomic E-state index is -0.792. The van der Waals surface area contributed by atoms with Crippen LogP contribution in [0.25, 0.3) is 0 Å². The van der Waals surface area contributed by atoms with Crippen molar-refractivity contribution in [2.24, 2.45) is 0 Å². The van der Waals surface area contributed by atoms with E-state index in [1.807, 2.05) is 37.3 Å². The maximum Gasteiger partial charge on any atom is 0.303 e. The highest BCUT2D eigenvalue weighted by Gasteiger charge is 1.99. The zero-order chi connectivity index (χ0) is 13.4. The van der Waals surface area contributed by atoms with E-state index in [0.29, 0.717) is 13.0 Å². The van der Waals surface area contributed by atoms with E-state index in [2.05, 4.69) is 0 Å². The van der Waals surface area contributed by atoms with Crippen molar-refractivity contribution >= 4 is 5.97 Å². The molecular weight excluding hydrogens is 232 g/mol. The van der Waals surface area contributed by atoms with Crippen LogP contribution in [-0.2, 0) is 11.2 Å². The zero-order valence-corrected chi connectivity index (χ0v) is 10.4. The van der Waals surface area contributed by atoms with E-state index in [4.69, 9.17) is 14.9 Å². The van der Waals surface area contributed by atoms with Crippen LogP contribution in [0.15, 0.2) is 35.9 Å². The summed E-state index contributed by atoms with van der Waals surface area (Å²) < 4.78 is 5.46. The molecule has 0 spiro atoms. The quantitative estimate of drug-likeness (QED) is 0.726. The van der Waals surface area contributed by atoms with Gasteiger partial charge in [-0.05, 0) is 42.7 Å². The van der Waals surface area contributed by atoms with Gasteiger partial charge >= 0.3 is 5.97 Å². The number of ether oxygens (including phenoxy) is 1. The number of aryl methyl sites for hydroxylation is 1. The van der Waals surface area contributed by atoms with E-state index in [1.54, 1.807) is 0 Å². The standard InChI is InChI=1S/C14H18O4/c1-11(10-15)8-9-18-13-5-2-12(3-6-13)4-7-14(16)17/h2-3,5-6,8,15H,4,7,9-10H2,1H3,(H,16,17)/b11-8+. The molecule has 0 unspecified atom stereocenters. The fourth-order valence-corrected chi connectivity index (χ4v) is 1.35. The van der Waals surface area contributed by atoms with Gasteiger partial charge < -0.3 is 14.9 Å². The Balaban J connectivity index is 2.43. The van der Waals surface area contributed by atoms with Crippen LogP contribution < -0.4 is 4.74 Å². The number of carboxylic acids is 1. The Morgan fingerprint density at radius 2 is 2.00 bits per heavy atom. The molecule has 0 amide bonds. The molecule has 0 heterocycles. The SMILES string of the molecule is C/C(=C\COc1ccc(CCC(=O)O)cc1)CO. The third-order valence-electron chi connectivity index (χ3n) is 2.48. The number of aliphatic hydroxyl groups is 1. The number of carbonyl (C=O) groups is 1. The summed E-state index contributed by atoms with van der Waals surface area (Å²) in [6.45, 7) is 2.29. The first-order chi connectivity index (χ1) is 8.61.